The predicted octanol–water partition coefficient (Wildman–Crippen LogP) is 3.80. The van der Waals surface area contributed by atoms with Gasteiger partial charge in [-0.1, -0.05) is 19.8 Å². The van der Waals surface area contributed by atoms with Gasteiger partial charge in [0.25, 0.3) is 0 Å². The zero-order valence-electron chi connectivity index (χ0n) is 11.9. The van der Waals surface area contributed by atoms with Crippen LogP contribution in [0.1, 0.15) is 49.4 Å². The summed E-state index contributed by atoms with van der Waals surface area (Å²) in [6.07, 6.45) is 5.53. The van der Waals surface area contributed by atoms with Crippen LogP contribution in [0.15, 0.2) is 18.2 Å². The van der Waals surface area contributed by atoms with E-state index in [-0.39, 0.29) is 17.9 Å². The van der Waals surface area contributed by atoms with Crippen LogP contribution in [-0.2, 0) is 0 Å². The fourth-order valence-electron chi connectivity index (χ4n) is 2.91. The summed E-state index contributed by atoms with van der Waals surface area (Å²) in [6, 6.07) is 3.57. The first kappa shape index (κ1) is 15.1. The number of halogens is 2. The van der Waals surface area contributed by atoms with Gasteiger partial charge >= 0.3 is 0 Å². The van der Waals surface area contributed by atoms with Crippen LogP contribution >= 0.6 is 0 Å². The molecule has 1 aliphatic rings. The van der Waals surface area contributed by atoms with Crippen molar-refractivity contribution in [3.05, 3.63) is 35.4 Å². The fraction of sp³-hybridized carbons (Fsp3) is 0.562. The van der Waals surface area contributed by atoms with Crippen LogP contribution in [0.5, 0.6) is 0 Å². The van der Waals surface area contributed by atoms with Gasteiger partial charge in [0.05, 0.1) is 12.1 Å². The number of nitrogens with zero attached hydrogens (tertiary/aromatic N) is 1. The molecule has 0 amide bonds. The molecular formula is C16H21F2NO. The summed E-state index contributed by atoms with van der Waals surface area (Å²) >= 11 is 0. The third kappa shape index (κ3) is 3.63. The lowest BCUT2D eigenvalue weighted by atomic mass is 9.97. The molecule has 1 saturated heterocycles. The van der Waals surface area contributed by atoms with Crippen LogP contribution in [0.3, 0.4) is 0 Å². The zero-order valence-corrected chi connectivity index (χ0v) is 11.9. The number of benzene rings is 1. The third-order valence-electron chi connectivity index (χ3n) is 3.95. The van der Waals surface area contributed by atoms with Crippen LogP contribution in [-0.4, -0.2) is 29.8 Å². The van der Waals surface area contributed by atoms with Crippen LogP contribution in [0, 0.1) is 11.6 Å². The van der Waals surface area contributed by atoms with Crippen LogP contribution in [0.2, 0.25) is 0 Å². The molecule has 0 aromatic heterocycles. The second-order valence-electron chi connectivity index (χ2n) is 5.46. The zero-order chi connectivity index (χ0) is 14.5. The summed E-state index contributed by atoms with van der Waals surface area (Å²) in [4.78, 5) is 14.3. The molecule has 1 atom stereocenters. The highest BCUT2D eigenvalue weighted by Gasteiger charge is 2.24. The molecule has 0 spiro atoms. The Kier molecular flexibility index (Phi) is 5.24. The van der Waals surface area contributed by atoms with E-state index in [1.165, 1.54) is 12.5 Å². The maximum atomic E-state index is 13.6. The number of Topliss-reactive ketones (excluding diaryl/α,β-unsaturated/α-hetero) is 1. The minimum Gasteiger partial charge on any atom is -0.293 e. The van der Waals surface area contributed by atoms with Crippen LogP contribution < -0.4 is 0 Å². The van der Waals surface area contributed by atoms with Crippen molar-refractivity contribution in [3.63, 3.8) is 0 Å². The first-order chi connectivity index (χ1) is 9.61. The van der Waals surface area contributed by atoms with E-state index in [9.17, 15) is 13.6 Å². The van der Waals surface area contributed by atoms with Gasteiger partial charge in [0, 0.05) is 12.1 Å². The second kappa shape index (κ2) is 6.93. The second-order valence-corrected chi connectivity index (χ2v) is 5.46. The molecule has 110 valence electrons. The smallest absolute Gasteiger partial charge is 0.179 e. The van der Waals surface area contributed by atoms with Crippen molar-refractivity contribution in [2.24, 2.45) is 0 Å². The van der Waals surface area contributed by atoms with Crippen molar-refractivity contribution in [1.82, 2.24) is 4.90 Å². The average molecular weight is 281 g/mol. The molecule has 1 aliphatic heterocycles. The Bertz CT molecular complexity index is 474. The largest absolute Gasteiger partial charge is 0.293 e. The number of rotatable bonds is 5. The molecule has 1 unspecified atom stereocenters. The summed E-state index contributed by atoms with van der Waals surface area (Å²) in [5.41, 5.74) is -0.00720. The number of carbonyl (C=O) groups excluding carboxylic acids is 1. The Balaban J connectivity index is 2.05. The molecule has 4 heteroatoms. The fourth-order valence-corrected chi connectivity index (χ4v) is 2.91. The van der Waals surface area contributed by atoms with E-state index in [1.54, 1.807) is 0 Å². The minimum absolute atomic E-state index is 0.00720. The molecule has 2 nitrogen and oxygen atoms in total. The highest BCUT2D eigenvalue weighted by Crippen LogP contribution is 2.21. The van der Waals surface area contributed by atoms with E-state index in [0.29, 0.717) is 6.04 Å². The lowest BCUT2D eigenvalue weighted by molar-refractivity contribution is 0.0827. The monoisotopic (exact) mass is 281 g/mol. The SMILES string of the molecule is CCCC1CCCCN1CC(=O)c1ccc(F)cc1F. The molecule has 1 heterocycles. The summed E-state index contributed by atoms with van der Waals surface area (Å²) in [7, 11) is 0. The Morgan fingerprint density at radius 1 is 1.35 bits per heavy atom. The quantitative estimate of drug-likeness (QED) is 0.765. The molecular weight excluding hydrogens is 260 g/mol. The average Bonchev–Trinajstić information content (AvgIpc) is 2.41. The highest BCUT2D eigenvalue weighted by molar-refractivity contribution is 5.97. The van der Waals surface area contributed by atoms with Crippen molar-refractivity contribution in [2.75, 3.05) is 13.1 Å². The topological polar surface area (TPSA) is 20.3 Å². The molecule has 0 N–H and O–H groups in total. The van der Waals surface area contributed by atoms with E-state index in [0.717, 1.165) is 44.4 Å². The lowest BCUT2D eigenvalue weighted by Crippen LogP contribution is -2.42. The highest BCUT2D eigenvalue weighted by atomic mass is 19.1. The number of carbonyl (C=O) groups is 1. The van der Waals surface area contributed by atoms with Gasteiger partial charge in [-0.3, -0.25) is 9.69 Å². The van der Waals surface area contributed by atoms with E-state index in [1.807, 2.05) is 0 Å². The van der Waals surface area contributed by atoms with E-state index in [2.05, 4.69) is 11.8 Å². The Morgan fingerprint density at radius 3 is 2.85 bits per heavy atom. The molecule has 1 aromatic carbocycles. The van der Waals surface area contributed by atoms with Gasteiger partial charge in [0.2, 0.25) is 0 Å². The maximum Gasteiger partial charge on any atom is 0.179 e. The normalized spacial score (nSPS) is 20.1. The van der Waals surface area contributed by atoms with Crippen molar-refractivity contribution in [2.45, 2.75) is 45.1 Å². The molecule has 1 fully saturated rings. The molecule has 20 heavy (non-hydrogen) atoms. The molecule has 0 radical (unpaired) electrons. The van der Waals surface area contributed by atoms with Gasteiger partial charge in [-0.2, -0.15) is 0 Å². The number of hydrogen-bond donors (Lipinski definition) is 0. The van der Waals surface area contributed by atoms with Gasteiger partial charge < -0.3 is 0 Å². The van der Waals surface area contributed by atoms with Gasteiger partial charge in [0.15, 0.2) is 5.78 Å². The molecule has 0 bridgehead atoms. The third-order valence-corrected chi connectivity index (χ3v) is 3.95. The first-order valence-electron chi connectivity index (χ1n) is 7.34. The number of likely N-dealkylation sites (tertiary alicyclic amines) is 1. The van der Waals surface area contributed by atoms with Crippen molar-refractivity contribution in [3.8, 4) is 0 Å². The first-order valence-corrected chi connectivity index (χ1v) is 7.34. The summed E-state index contributed by atoms with van der Waals surface area (Å²) in [5, 5.41) is 0. The van der Waals surface area contributed by atoms with Crippen molar-refractivity contribution in [1.29, 1.82) is 0 Å². The maximum absolute atomic E-state index is 13.6. The number of piperidine rings is 1. The standard InChI is InChI=1S/C16H21F2NO/c1-2-5-13-6-3-4-9-19(13)11-16(20)14-8-7-12(17)10-15(14)18/h7-8,10,13H,2-6,9,11H2,1H3. The minimum atomic E-state index is -0.765. The Hall–Kier alpha value is -1.29. The molecule has 2 rings (SSSR count). The van der Waals surface area contributed by atoms with Gasteiger partial charge in [-0.25, -0.2) is 8.78 Å². The van der Waals surface area contributed by atoms with Crippen molar-refractivity contribution >= 4 is 5.78 Å². The Morgan fingerprint density at radius 2 is 2.15 bits per heavy atom. The molecule has 0 saturated carbocycles. The van der Waals surface area contributed by atoms with Crippen LogP contribution in [0.4, 0.5) is 8.78 Å². The molecule has 0 aliphatic carbocycles. The van der Waals surface area contributed by atoms with Gasteiger partial charge in [0.1, 0.15) is 11.6 Å². The summed E-state index contributed by atoms with van der Waals surface area (Å²) in [6.45, 7) is 3.25. The predicted molar refractivity (Wildman–Crippen MR) is 74.8 cm³/mol. The number of ketones is 1. The van der Waals surface area contributed by atoms with Gasteiger partial charge in [-0.15, -0.1) is 0 Å². The molecule has 1 aromatic rings. The summed E-state index contributed by atoms with van der Waals surface area (Å²) < 4.78 is 26.5. The van der Waals surface area contributed by atoms with E-state index < -0.39 is 11.6 Å². The van der Waals surface area contributed by atoms with Gasteiger partial charge in [-0.05, 0) is 37.9 Å². The lowest BCUT2D eigenvalue weighted by Gasteiger charge is -2.35. The van der Waals surface area contributed by atoms with E-state index in [4.69, 9.17) is 0 Å². The van der Waals surface area contributed by atoms with Crippen molar-refractivity contribution < 1.29 is 13.6 Å². The summed E-state index contributed by atoms with van der Waals surface area (Å²) in [5.74, 6) is -1.68. The van der Waals surface area contributed by atoms with Crippen LogP contribution in [0.25, 0.3) is 0 Å². The number of hydrogen-bond acceptors (Lipinski definition) is 2. The van der Waals surface area contributed by atoms with E-state index >= 15 is 0 Å². The Labute approximate surface area is 118 Å².